The molecule has 0 radical (unpaired) electrons. The quantitative estimate of drug-likeness (QED) is 0.550. The lowest BCUT2D eigenvalue weighted by molar-refractivity contribution is -0.103. The fraction of sp³-hybridized carbons (Fsp3) is 0.333. The summed E-state index contributed by atoms with van der Waals surface area (Å²) in [6.45, 7) is 3.67. The van der Waals surface area contributed by atoms with Crippen LogP contribution in [0.4, 0.5) is 8.78 Å². The number of halogens is 2. The number of rotatable bonds is 2. The van der Waals surface area contributed by atoms with E-state index in [2.05, 4.69) is 20.1 Å². The number of aromatic nitrogens is 6. The molecule has 26 heavy (non-hydrogen) atoms. The first-order valence-corrected chi connectivity index (χ1v) is 8.45. The largest absolute Gasteiger partial charge is 0.323 e. The van der Waals surface area contributed by atoms with Crippen LogP contribution in [0, 0.1) is 13.8 Å². The Balaban J connectivity index is 1.65. The zero-order chi connectivity index (χ0) is 18.1. The van der Waals surface area contributed by atoms with E-state index in [1.807, 2.05) is 36.7 Å². The fourth-order valence-corrected chi connectivity index (χ4v) is 3.74. The molecule has 0 unspecified atom stereocenters. The molecule has 0 atom stereocenters. The highest BCUT2D eigenvalue weighted by molar-refractivity contribution is 5.85. The van der Waals surface area contributed by atoms with Crippen LogP contribution in [0.3, 0.4) is 0 Å². The summed E-state index contributed by atoms with van der Waals surface area (Å²) >= 11 is 0. The van der Waals surface area contributed by atoms with Crippen LogP contribution < -0.4 is 0 Å². The van der Waals surface area contributed by atoms with Crippen LogP contribution in [0.25, 0.3) is 27.8 Å². The smallest absolute Gasteiger partial charge is 0.252 e. The standard InChI is InChI=1S/C18H16F2N6/c1-10-21-9-16-14(3-4-25(16)24-10)12-5-15-17(22-8-12)23-11(2)26(15)13-6-18(19,20)7-13/h3-5,8-9,13H,6-7H2,1-2H3. The molecule has 132 valence electrons. The molecule has 1 saturated carbocycles. The first-order chi connectivity index (χ1) is 12.4. The summed E-state index contributed by atoms with van der Waals surface area (Å²) in [7, 11) is 0. The summed E-state index contributed by atoms with van der Waals surface area (Å²) < 4.78 is 30.4. The van der Waals surface area contributed by atoms with E-state index >= 15 is 0 Å². The van der Waals surface area contributed by atoms with E-state index in [9.17, 15) is 8.78 Å². The molecular weight excluding hydrogens is 338 g/mol. The number of aryl methyl sites for hydroxylation is 2. The molecule has 4 aromatic heterocycles. The van der Waals surface area contributed by atoms with Crippen LogP contribution in [0.5, 0.6) is 0 Å². The number of nitrogens with zero attached hydrogens (tertiary/aromatic N) is 6. The van der Waals surface area contributed by atoms with Crippen molar-refractivity contribution in [2.45, 2.75) is 38.7 Å². The fourth-order valence-electron chi connectivity index (χ4n) is 3.74. The van der Waals surface area contributed by atoms with Crippen molar-refractivity contribution in [2.75, 3.05) is 0 Å². The van der Waals surface area contributed by atoms with Gasteiger partial charge in [0.25, 0.3) is 5.92 Å². The van der Waals surface area contributed by atoms with E-state index in [-0.39, 0.29) is 18.9 Å². The average Bonchev–Trinajstić information content (AvgIpc) is 3.11. The average molecular weight is 354 g/mol. The second kappa shape index (κ2) is 5.06. The third-order valence-corrected chi connectivity index (χ3v) is 5.00. The van der Waals surface area contributed by atoms with E-state index in [1.54, 1.807) is 16.9 Å². The van der Waals surface area contributed by atoms with Gasteiger partial charge in [0.05, 0.1) is 17.2 Å². The van der Waals surface area contributed by atoms with Crippen molar-refractivity contribution in [1.82, 2.24) is 29.1 Å². The van der Waals surface area contributed by atoms with Crippen molar-refractivity contribution in [3.8, 4) is 11.1 Å². The van der Waals surface area contributed by atoms with E-state index in [1.165, 1.54) is 0 Å². The molecule has 1 aliphatic rings. The lowest BCUT2D eigenvalue weighted by Crippen LogP contribution is -2.37. The van der Waals surface area contributed by atoms with Crippen LogP contribution in [0.15, 0.2) is 30.7 Å². The summed E-state index contributed by atoms with van der Waals surface area (Å²) in [4.78, 5) is 13.2. The maximum atomic E-state index is 13.4. The van der Waals surface area contributed by atoms with Gasteiger partial charge in [0.2, 0.25) is 0 Å². The normalized spacial score (nSPS) is 17.1. The lowest BCUT2D eigenvalue weighted by Gasteiger charge is -2.36. The van der Waals surface area contributed by atoms with Gasteiger partial charge in [-0.3, -0.25) is 0 Å². The Morgan fingerprint density at radius 3 is 2.69 bits per heavy atom. The second-order valence-electron chi connectivity index (χ2n) is 6.88. The molecule has 5 rings (SSSR count). The van der Waals surface area contributed by atoms with Gasteiger partial charge in [-0.1, -0.05) is 0 Å². The van der Waals surface area contributed by atoms with Gasteiger partial charge in [0.1, 0.15) is 11.6 Å². The van der Waals surface area contributed by atoms with Crippen molar-refractivity contribution in [3.63, 3.8) is 0 Å². The van der Waals surface area contributed by atoms with Crippen LogP contribution in [-0.4, -0.2) is 35.1 Å². The van der Waals surface area contributed by atoms with Gasteiger partial charge in [-0.2, -0.15) is 5.10 Å². The highest BCUT2D eigenvalue weighted by Gasteiger charge is 2.47. The highest BCUT2D eigenvalue weighted by Crippen LogP contribution is 2.47. The molecule has 6 nitrogen and oxygen atoms in total. The molecule has 1 fully saturated rings. The molecular formula is C18H16F2N6. The minimum absolute atomic E-state index is 0.147. The Morgan fingerprint density at radius 2 is 1.92 bits per heavy atom. The predicted molar refractivity (Wildman–Crippen MR) is 92.2 cm³/mol. The van der Waals surface area contributed by atoms with Crippen molar-refractivity contribution >= 4 is 16.7 Å². The Kier molecular flexibility index (Phi) is 2.99. The van der Waals surface area contributed by atoms with Crippen molar-refractivity contribution in [2.24, 2.45) is 0 Å². The second-order valence-corrected chi connectivity index (χ2v) is 6.88. The van der Waals surface area contributed by atoms with Crippen molar-refractivity contribution < 1.29 is 8.78 Å². The van der Waals surface area contributed by atoms with Crippen LogP contribution in [0.2, 0.25) is 0 Å². The van der Waals surface area contributed by atoms with E-state index < -0.39 is 5.92 Å². The monoisotopic (exact) mass is 354 g/mol. The van der Waals surface area contributed by atoms with E-state index in [0.717, 1.165) is 22.2 Å². The van der Waals surface area contributed by atoms with Gasteiger partial charge < -0.3 is 4.57 Å². The van der Waals surface area contributed by atoms with Gasteiger partial charge >= 0.3 is 0 Å². The summed E-state index contributed by atoms with van der Waals surface area (Å²) in [6.07, 6.45) is 5.11. The molecule has 0 N–H and O–H groups in total. The molecule has 0 aromatic carbocycles. The predicted octanol–water partition coefficient (Wildman–Crippen LogP) is 3.73. The maximum absolute atomic E-state index is 13.4. The molecule has 0 spiro atoms. The van der Waals surface area contributed by atoms with Crippen LogP contribution >= 0.6 is 0 Å². The number of fused-ring (bicyclic) bond motifs is 2. The zero-order valence-electron chi connectivity index (χ0n) is 14.3. The topological polar surface area (TPSA) is 60.9 Å². The Morgan fingerprint density at radius 1 is 1.12 bits per heavy atom. The molecule has 0 bridgehead atoms. The molecule has 0 aliphatic heterocycles. The molecule has 1 aliphatic carbocycles. The van der Waals surface area contributed by atoms with Gasteiger partial charge in [-0.05, 0) is 26.0 Å². The summed E-state index contributed by atoms with van der Waals surface area (Å²) in [5, 5.41) is 4.36. The number of hydrogen-bond acceptors (Lipinski definition) is 4. The van der Waals surface area contributed by atoms with Gasteiger partial charge in [0.15, 0.2) is 5.65 Å². The summed E-state index contributed by atoms with van der Waals surface area (Å²) in [5.41, 5.74) is 4.07. The van der Waals surface area contributed by atoms with E-state index in [4.69, 9.17) is 0 Å². The Labute approximate surface area is 147 Å². The Hall–Kier alpha value is -2.90. The SMILES string of the molecule is Cc1ncc2c(-c3cnc4nc(C)n(C5CC(F)(F)C5)c4c3)ccn2n1. The number of alkyl halides is 2. The first-order valence-electron chi connectivity index (χ1n) is 8.45. The number of hydrogen-bond donors (Lipinski definition) is 0. The maximum Gasteiger partial charge on any atom is 0.252 e. The third kappa shape index (κ3) is 2.21. The minimum atomic E-state index is -2.58. The van der Waals surface area contributed by atoms with Gasteiger partial charge in [-0.15, -0.1) is 0 Å². The van der Waals surface area contributed by atoms with Gasteiger partial charge in [-0.25, -0.2) is 28.2 Å². The molecule has 4 heterocycles. The van der Waals surface area contributed by atoms with Gasteiger partial charge in [0, 0.05) is 42.4 Å². The molecule has 4 aromatic rings. The minimum Gasteiger partial charge on any atom is -0.323 e. The Bertz CT molecular complexity index is 1150. The van der Waals surface area contributed by atoms with Crippen molar-refractivity contribution in [1.29, 1.82) is 0 Å². The molecule has 8 heteroatoms. The molecule has 0 saturated heterocycles. The van der Waals surface area contributed by atoms with E-state index in [0.29, 0.717) is 17.3 Å². The summed E-state index contributed by atoms with van der Waals surface area (Å²) in [6, 6.07) is 3.69. The van der Waals surface area contributed by atoms with Crippen LogP contribution in [-0.2, 0) is 0 Å². The lowest BCUT2D eigenvalue weighted by atomic mass is 9.87. The number of pyridine rings is 1. The molecule has 0 amide bonds. The highest BCUT2D eigenvalue weighted by atomic mass is 19.3. The summed E-state index contributed by atoms with van der Waals surface area (Å²) in [5.74, 6) is -1.18. The zero-order valence-corrected chi connectivity index (χ0v) is 14.3. The third-order valence-electron chi connectivity index (χ3n) is 5.00. The van der Waals surface area contributed by atoms with Crippen LogP contribution in [0.1, 0.15) is 30.5 Å². The first kappa shape index (κ1) is 15.4. The van der Waals surface area contributed by atoms with Crippen molar-refractivity contribution in [3.05, 3.63) is 42.4 Å². The number of imidazole rings is 1.